The van der Waals surface area contributed by atoms with Gasteiger partial charge in [-0.2, -0.15) is 13.2 Å². The molecule has 4 rings (SSSR count). The summed E-state index contributed by atoms with van der Waals surface area (Å²) in [5.74, 6) is -2.94. The molecule has 2 unspecified atom stereocenters. The minimum atomic E-state index is -4.72. The molecule has 0 bridgehead atoms. The number of aromatic nitrogens is 1. The van der Waals surface area contributed by atoms with E-state index in [0.29, 0.717) is 11.6 Å². The number of rotatable bonds is 4. The van der Waals surface area contributed by atoms with E-state index in [0.717, 1.165) is 28.4 Å². The van der Waals surface area contributed by atoms with Crippen LogP contribution >= 0.6 is 11.3 Å². The molecule has 2 aliphatic heterocycles. The Labute approximate surface area is 188 Å². The highest BCUT2D eigenvalue weighted by Crippen LogP contribution is 2.36. The van der Waals surface area contributed by atoms with Crippen molar-refractivity contribution < 1.29 is 36.7 Å². The van der Waals surface area contributed by atoms with Crippen LogP contribution in [0.1, 0.15) is 12.0 Å². The smallest absolute Gasteiger partial charge is 0.416 e. The normalized spacial score (nSPS) is 20.5. The van der Waals surface area contributed by atoms with Crippen molar-refractivity contribution in [1.29, 1.82) is 0 Å². The molecular weight excluding hydrogens is 468 g/mol. The van der Waals surface area contributed by atoms with Gasteiger partial charge < -0.3 is 10.1 Å². The molecule has 2 aromatic rings. The number of carbonyl (C=O) groups excluding carboxylic acids is 3. The van der Waals surface area contributed by atoms with E-state index in [1.54, 1.807) is 0 Å². The van der Waals surface area contributed by atoms with Gasteiger partial charge in [0.25, 0.3) is 0 Å². The van der Waals surface area contributed by atoms with Gasteiger partial charge in [-0.25, -0.2) is 14.2 Å². The summed E-state index contributed by atoms with van der Waals surface area (Å²) in [4.78, 5) is 43.3. The second kappa shape index (κ2) is 8.14. The summed E-state index contributed by atoms with van der Waals surface area (Å²) in [6.07, 6.45) is -4.52. The van der Waals surface area contributed by atoms with Gasteiger partial charge in [-0.15, -0.1) is 11.3 Å². The molecule has 8 nitrogen and oxygen atoms in total. The maximum Gasteiger partial charge on any atom is 0.416 e. The summed E-state index contributed by atoms with van der Waals surface area (Å²) < 4.78 is 57.9. The molecule has 0 spiro atoms. The van der Waals surface area contributed by atoms with E-state index in [9.17, 15) is 31.9 Å². The highest BCUT2D eigenvalue weighted by molar-refractivity contribution is 7.14. The first-order chi connectivity index (χ1) is 15.5. The predicted octanol–water partition coefficient (Wildman–Crippen LogP) is 3.68. The standard InChI is InChI=1S/C20H16F4N4O4S/c1-27-16(30)15-10(7-32-17(15)28(2)19(27)31)5-14(29)26-18-25-13(8-33-18)9-3-11(20(22,23)24)6-12(21)4-9/h3-4,6-8,15,17H,5H2,1-2H3,(H,25,26,29). The molecule has 0 aliphatic carbocycles. The Bertz CT molecular complexity index is 1180. The first-order valence-electron chi connectivity index (χ1n) is 9.48. The molecule has 2 atom stereocenters. The number of imide groups is 1. The number of benzene rings is 1. The van der Waals surface area contributed by atoms with E-state index in [2.05, 4.69) is 10.3 Å². The Morgan fingerprint density at radius 1 is 1.24 bits per heavy atom. The summed E-state index contributed by atoms with van der Waals surface area (Å²) >= 11 is 0.949. The summed E-state index contributed by atoms with van der Waals surface area (Å²) in [7, 11) is 2.81. The molecule has 3 heterocycles. The van der Waals surface area contributed by atoms with E-state index in [4.69, 9.17) is 4.74 Å². The van der Waals surface area contributed by atoms with E-state index in [-0.39, 0.29) is 22.8 Å². The number of alkyl halides is 3. The third-order valence-electron chi connectivity index (χ3n) is 5.25. The van der Waals surface area contributed by atoms with Crippen LogP contribution in [0.2, 0.25) is 0 Å². The average molecular weight is 484 g/mol. The lowest BCUT2D eigenvalue weighted by atomic mass is 9.93. The summed E-state index contributed by atoms with van der Waals surface area (Å²) in [5.41, 5.74) is -0.805. The number of halogens is 4. The van der Waals surface area contributed by atoms with Crippen molar-refractivity contribution in [3.05, 3.63) is 46.8 Å². The quantitative estimate of drug-likeness (QED) is 0.669. The number of thiazole rings is 1. The van der Waals surface area contributed by atoms with Crippen LogP contribution in [0.3, 0.4) is 0 Å². The topological polar surface area (TPSA) is 91.8 Å². The number of anilines is 1. The fraction of sp³-hybridized carbons (Fsp3) is 0.300. The van der Waals surface area contributed by atoms with Gasteiger partial charge in [0.1, 0.15) is 11.7 Å². The lowest BCUT2D eigenvalue weighted by molar-refractivity contribution is -0.141. The van der Waals surface area contributed by atoms with Crippen LogP contribution in [0.15, 0.2) is 35.4 Å². The number of hydrogen-bond acceptors (Lipinski definition) is 6. The van der Waals surface area contributed by atoms with E-state index in [1.807, 2.05) is 0 Å². The number of nitrogens with zero attached hydrogens (tertiary/aromatic N) is 3. The second-order valence-electron chi connectivity index (χ2n) is 7.48. The van der Waals surface area contributed by atoms with Gasteiger partial charge >= 0.3 is 12.2 Å². The molecular formula is C20H16F4N4O4S. The van der Waals surface area contributed by atoms with E-state index < -0.39 is 47.5 Å². The predicted molar refractivity (Wildman–Crippen MR) is 108 cm³/mol. The highest BCUT2D eigenvalue weighted by Gasteiger charge is 2.49. The summed E-state index contributed by atoms with van der Waals surface area (Å²) in [5, 5.41) is 3.98. The molecule has 33 heavy (non-hydrogen) atoms. The third-order valence-corrected chi connectivity index (χ3v) is 6.00. The highest BCUT2D eigenvalue weighted by atomic mass is 32.1. The Morgan fingerprint density at radius 2 is 1.97 bits per heavy atom. The minimum Gasteiger partial charge on any atom is -0.477 e. The van der Waals surface area contributed by atoms with Crippen molar-refractivity contribution in [3.8, 4) is 11.3 Å². The zero-order valence-electron chi connectivity index (χ0n) is 17.1. The van der Waals surface area contributed by atoms with Gasteiger partial charge in [0.05, 0.1) is 23.9 Å². The Morgan fingerprint density at radius 3 is 2.67 bits per heavy atom. The number of urea groups is 1. The van der Waals surface area contributed by atoms with E-state index >= 15 is 0 Å². The molecule has 1 saturated heterocycles. The van der Waals surface area contributed by atoms with Gasteiger partial charge in [-0.05, 0) is 23.8 Å². The van der Waals surface area contributed by atoms with Crippen molar-refractivity contribution in [2.24, 2.45) is 5.92 Å². The Balaban J connectivity index is 1.46. The lowest BCUT2D eigenvalue weighted by Crippen LogP contribution is -2.58. The molecule has 1 fully saturated rings. The molecule has 174 valence electrons. The largest absolute Gasteiger partial charge is 0.477 e. The summed E-state index contributed by atoms with van der Waals surface area (Å²) in [6, 6.07) is 1.55. The molecule has 1 aromatic carbocycles. The molecule has 0 radical (unpaired) electrons. The monoisotopic (exact) mass is 484 g/mol. The first kappa shape index (κ1) is 22.7. The van der Waals surface area contributed by atoms with Gasteiger partial charge in [-0.3, -0.25) is 19.4 Å². The Kier molecular flexibility index (Phi) is 5.60. The van der Waals surface area contributed by atoms with Gasteiger partial charge in [-0.1, -0.05) is 0 Å². The van der Waals surface area contributed by atoms with Gasteiger partial charge in [0.2, 0.25) is 11.8 Å². The van der Waals surface area contributed by atoms with Gasteiger partial charge in [0.15, 0.2) is 11.4 Å². The Hall–Kier alpha value is -3.48. The molecule has 4 amide bonds. The van der Waals surface area contributed by atoms with Crippen molar-refractivity contribution in [1.82, 2.24) is 14.8 Å². The van der Waals surface area contributed by atoms with Gasteiger partial charge in [0, 0.05) is 25.0 Å². The molecule has 13 heteroatoms. The van der Waals surface area contributed by atoms with Crippen molar-refractivity contribution >= 4 is 34.3 Å². The van der Waals surface area contributed by atoms with Crippen LogP contribution in [0.4, 0.5) is 27.5 Å². The average Bonchev–Trinajstić information content (AvgIpc) is 3.37. The van der Waals surface area contributed by atoms with Crippen LogP contribution < -0.4 is 5.32 Å². The van der Waals surface area contributed by atoms with Crippen molar-refractivity contribution in [2.75, 3.05) is 19.4 Å². The lowest BCUT2D eigenvalue weighted by Gasteiger charge is -2.37. The van der Waals surface area contributed by atoms with E-state index in [1.165, 1.54) is 30.6 Å². The molecule has 1 aromatic heterocycles. The number of fused-ring (bicyclic) bond motifs is 1. The minimum absolute atomic E-state index is 0.0630. The SMILES string of the molecule is CN1C(=O)C2C(CC(=O)Nc3nc(-c4cc(F)cc(C(F)(F)F)c4)cs3)=COC2N(C)C1=O. The maximum absolute atomic E-state index is 13.7. The molecule has 2 aliphatic rings. The number of carbonyl (C=O) groups is 3. The van der Waals surface area contributed by atoms with Crippen molar-refractivity contribution in [3.63, 3.8) is 0 Å². The van der Waals surface area contributed by atoms with Crippen LogP contribution in [0, 0.1) is 11.7 Å². The van der Waals surface area contributed by atoms with Crippen LogP contribution in [0.5, 0.6) is 0 Å². The zero-order valence-corrected chi connectivity index (χ0v) is 18.0. The van der Waals surface area contributed by atoms with Crippen LogP contribution in [0.25, 0.3) is 11.3 Å². The summed E-state index contributed by atoms with van der Waals surface area (Å²) in [6.45, 7) is 0. The number of hydrogen-bond donors (Lipinski definition) is 1. The fourth-order valence-corrected chi connectivity index (χ4v) is 4.34. The number of amides is 4. The molecule has 0 saturated carbocycles. The fourth-order valence-electron chi connectivity index (χ4n) is 3.60. The molecule has 1 N–H and O–H groups in total. The first-order valence-corrected chi connectivity index (χ1v) is 10.4. The number of nitrogens with one attached hydrogen (secondary N) is 1. The number of ether oxygens (including phenoxy) is 1. The van der Waals surface area contributed by atoms with Crippen LogP contribution in [-0.2, 0) is 20.5 Å². The maximum atomic E-state index is 13.7. The van der Waals surface area contributed by atoms with Crippen LogP contribution in [-0.4, -0.2) is 53.0 Å². The third kappa shape index (κ3) is 4.27. The second-order valence-corrected chi connectivity index (χ2v) is 8.34. The zero-order chi connectivity index (χ0) is 24.1. The van der Waals surface area contributed by atoms with Crippen molar-refractivity contribution in [2.45, 2.75) is 18.8 Å².